The van der Waals surface area contributed by atoms with E-state index < -0.39 is 6.09 Å². The highest BCUT2D eigenvalue weighted by Crippen LogP contribution is 2.42. The molecule has 0 spiro atoms. The number of rotatable bonds is 3. The summed E-state index contributed by atoms with van der Waals surface area (Å²) in [6.07, 6.45) is 1.12. The summed E-state index contributed by atoms with van der Waals surface area (Å²) in [6, 6.07) is 16.0. The topological polar surface area (TPSA) is 38.3 Å². The Morgan fingerprint density at radius 1 is 1.10 bits per heavy atom. The van der Waals surface area contributed by atoms with Crippen LogP contribution in [-0.2, 0) is 4.74 Å². The van der Waals surface area contributed by atoms with Gasteiger partial charge < -0.3 is 10.1 Å². The van der Waals surface area contributed by atoms with E-state index in [0.717, 1.165) is 22.3 Å². The molecule has 3 nitrogen and oxygen atoms in total. The number of benzene rings is 2. The van der Waals surface area contributed by atoms with Crippen LogP contribution in [-0.4, -0.2) is 12.7 Å². The standard InChI is InChI=1S/C17H15NO2/c1-2-11-20-17(19)18-16-14-9-5-3-7-12(14)13-8-4-6-10-15(13)16/h2-10,16H,1,11H2,(H,18,19). The molecule has 1 aliphatic carbocycles. The van der Waals surface area contributed by atoms with Crippen molar-refractivity contribution in [1.82, 2.24) is 5.32 Å². The molecule has 0 fully saturated rings. The van der Waals surface area contributed by atoms with E-state index in [2.05, 4.69) is 24.0 Å². The molecule has 0 saturated carbocycles. The predicted octanol–water partition coefficient (Wildman–Crippen LogP) is 3.67. The number of alkyl carbamates (subject to hydrolysis) is 1. The van der Waals surface area contributed by atoms with Crippen molar-refractivity contribution in [3.05, 3.63) is 72.3 Å². The number of ether oxygens (including phenoxy) is 1. The first-order valence-electron chi connectivity index (χ1n) is 6.53. The minimum atomic E-state index is -0.429. The molecule has 20 heavy (non-hydrogen) atoms. The average Bonchev–Trinajstić information content (AvgIpc) is 2.80. The second kappa shape index (κ2) is 5.21. The Morgan fingerprint density at radius 3 is 2.20 bits per heavy atom. The normalized spacial score (nSPS) is 12.4. The largest absolute Gasteiger partial charge is 0.445 e. The van der Waals surface area contributed by atoms with E-state index in [-0.39, 0.29) is 12.6 Å². The molecular weight excluding hydrogens is 250 g/mol. The van der Waals surface area contributed by atoms with Gasteiger partial charge in [-0.2, -0.15) is 0 Å². The van der Waals surface area contributed by atoms with Crippen LogP contribution in [0.5, 0.6) is 0 Å². The number of carbonyl (C=O) groups excluding carboxylic acids is 1. The first-order valence-corrected chi connectivity index (χ1v) is 6.53. The van der Waals surface area contributed by atoms with Crippen molar-refractivity contribution in [1.29, 1.82) is 0 Å². The number of nitrogens with one attached hydrogen (secondary N) is 1. The summed E-state index contributed by atoms with van der Waals surface area (Å²) in [4.78, 5) is 11.8. The summed E-state index contributed by atoms with van der Waals surface area (Å²) in [5.74, 6) is 0. The third-order valence-electron chi connectivity index (χ3n) is 3.43. The first-order chi connectivity index (χ1) is 9.81. The molecule has 3 rings (SSSR count). The lowest BCUT2D eigenvalue weighted by molar-refractivity contribution is 0.156. The minimum absolute atomic E-state index is 0.153. The van der Waals surface area contributed by atoms with Gasteiger partial charge in [0.2, 0.25) is 0 Å². The maximum absolute atomic E-state index is 11.8. The maximum atomic E-state index is 11.8. The van der Waals surface area contributed by atoms with Crippen LogP contribution < -0.4 is 5.32 Å². The Hall–Kier alpha value is -2.55. The number of hydrogen-bond donors (Lipinski definition) is 1. The fourth-order valence-electron chi connectivity index (χ4n) is 2.61. The van der Waals surface area contributed by atoms with Crippen LogP contribution in [0, 0.1) is 0 Å². The summed E-state index contributed by atoms with van der Waals surface area (Å²) >= 11 is 0. The molecule has 1 N–H and O–H groups in total. The van der Waals surface area contributed by atoms with E-state index >= 15 is 0 Å². The van der Waals surface area contributed by atoms with Gasteiger partial charge in [-0.15, -0.1) is 0 Å². The Kier molecular flexibility index (Phi) is 3.25. The first kappa shape index (κ1) is 12.5. The third kappa shape index (κ3) is 2.07. The fourth-order valence-corrected chi connectivity index (χ4v) is 2.61. The van der Waals surface area contributed by atoms with E-state index in [0.29, 0.717) is 0 Å². The Balaban J connectivity index is 1.95. The molecule has 0 unspecified atom stereocenters. The van der Waals surface area contributed by atoms with Gasteiger partial charge in [0.05, 0.1) is 6.04 Å². The molecule has 100 valence electrons. The highest BCUT2D eigenvalue weighted by atomic mass is 16.5. The molecule has 0 bridgehead atoms. The summed E-state index contributed by atoms with van der Waals surface area (Å²) in [5.41, 5.74) is 4.53. The predicted molar refractivity (Wildman–Crippen MR) is 78.4 cm³/mol. The van der Waals surface area contributed by atoms with Crippen LogP contribution in [0.15, 0.2) is 61.2 Å². The van der Waals surface area contributed by atoms with E-state index in [4.69, 9.17) is 4.74 Å². The van der Waals surface area contributed by atoms with E-state index in [1.807, 2.05) is 36.4 Å². The van der Waals surface area contributed by atoms with Gasteiger partial charge in [0.15, 0.2) is 0 Å². The summed E-state index contributed by atoms with van der Waals surface area (Å²) < 4.78 is 5.02. The number of fused-ring (bicyclic) bond motifs is 3. The molecule has 0 aliphatic heterocycles. The highest BCUT2D eigenvalue weighted by Gasteiger charge is 2.29. The van der Waals surface area contributed by atoms with Crippen LogP contribution in [0.1, 0.15) is 17.2 Å². The lowest BCUT2D eigenvalue weighted by atomic mass is 10.1. The number of hydrogen-bond acceptors (Lipinski definition) is 2. The van der Waals surface area contributed by atoms with E-state index in [1.165, 1.54) is 0 Å². The zero-order chi connectivity index (χ0) is 13.9. The number of carbonyl (C=O) groups is 1. The molecule has 1 amide bonds. The van der Waals surface area contributed by atoms with Crippen molar-refractivity contribution in [3.8, 4) is 11.1 Å². The van der Waals surface area contributed by atoms with Crippen molar-refractivity contribution in [2.75, 3.05) is 6.61 Å². The second-order valence-electron chi connectivity index (χ2n) is 4.64. The van der Waals surface area contributed by atoms with Gasteiger partial charge in [-0.25, -0.2) is 4.79 Å². The van der Waals surface area contributed by atoms with E-state index in [1.54, 1.807) is 6.08 Å². The zero-order valence-electron chi connectivity index (χ0n) is 11.0. The van der Waals surface area contributed by atoms with Crippen LogP contribution in [0.4, 0.5) is 4.79 Å². The second-order valence-corrected chi connectivity index (χ2v) is 4.64. The van der Waals surface area contributed by atoms with Gasteiger partial charge in [-0.3, -0.25) is 0 Å². The molecule has 3 heteroatoms. The van der Waals surface area contributed by atoms with E-state index in [9.17, 15) is 4.79 Å². The molecule has 0 saturated heterocycles. The molecule has 0 atom stereocenters. The lowest BCUT2D eigenvalue weighted by Crippen LogP contribution is -2.28. The van der Waals surface area contributed by atoms with Gasteiger partial charge in [0.1, 0.15) is 6.61 Å². The minimum Gasteiger partial charge on any atom is -0.445 e. The van der Waals surface area contributed by atoms with Gasteiger partial charge >= 0.3 is 6.09 Å². The molecule has 2 aromatic rings. The van der Waals surface area contributed by atoms with Gasteiger partial charge in [-0.05, 0) is 22.3 Å². The van der Waals surface area contributed by atoms with Gasteiger partial charge in [-0.1, -0.05) is 61.2 Å². The summed E-state index contributed by atoms with van der Waals surface area (Å²) in [6.45, 7) is 3.74. The van der Waals surface area contributed by atoms with Gasteiger partial charge in [0.25, 0.3) is 0 Å². The molecular formula is C17H15NO2. The van der Waals surface area contributed by atoms with Crippen molar-refractivity contribution in [2.24, 2.45) is 0 Å². The average molecular weight is 265 g/mol. The highest BCUT2D eigenvalue weighted by molar-refractivity contribution is 5.81. The van der Waals surface area contributed by atoms with Crippen molar-refractivity contribution < 1.29 is 9.53 Å². The van der Waals surface area contributed by atoms with Crippen molar-refractivity contribution in [3.63, 3.8) is 0 Å². The Bertz CT molecular complexity index is 618. The lowest BCUT2D eigenvalue weighted by Gasteiger charge is -2.15. The Labute approximate surface area is 117 Å². The van der Waals surface area contributed by atoms with Crippen molar-refractivity contribution in [2.45, 2.75) is 6.04 Å². The molecule has 0 heterocycles. The molecule has 1 aliphatic rings. The Morgan fingerprint density at radius 2 is 1.65 bits per heavy atom. The van der Waals surface area contributed by atoms with Crippen LogP contribution in [0.25, 0.3) is 11.1 Å². The molecule has 0 aromatic heterocycles. The summed E-state index contributed by atoms with van der Waals surface area (Å²) in [7, 11) is 0. The van der Waals surface area contributed by atoms with Crippen LogP contribution in [0.3, 0.4) is 0 Å². The molecule has 2 aromatic carbocycles. The SMILES string of the molecule is C=CCOC(=O)NC1c2ccccc2-c2ccccc21. The fraction of sp³-hybridized carbons (Fsp3) is 0.118. The summed E-state index contributed by atoms with van der Waals surface area (Å²) in [5, 5.41) is 2.92. The maximum Gasteiger partial charge on any atom is 0.408 e. The van der Waals surface area contributed by atoms with Gasteiger partial charge in [0, 0.05) is 0 Å². The van der Waals surface area contributed by atoms with Crippen molar-refractivity contribution >= 4 is 6.09 Å². The van der Waals surface area contributed by atoms with Crippen LogP contribution >= 0.6 is 0 Å². The quantitative estimate of drug-likeness (QED) is 0.860. The smallest absolute Gasteiger partial charge is 0.408 e. The molecule has 0 radical (unpaired) electrons. The monoisotopic (exact) mass is 265 g/mol. The van der Waals surface area contributed by atoms with Crippen LogP contribution in [0.2, 0.25) is 0 Å². The third-order valence-corrected chi connectivity index (χ3v) is 3.43. The zero-order valence-corrected chi connectivity index (χ0v) is 11.0. The number of amides is 1.